The molecular weight excluding hydrogens is 427 g/mol. The number of rotatable bonds is 4. The van der Waals surface area contributed by atoms with Crippen LogP contribution in [-0.2, 0) is 14.9 Å². The van der Waals surface area contributed by atoms with E-state index in [1.807, 2.05) is 0 Å². The zero-order valence-corrected chi connectivity index (χ0v) is 18.5. The van der Waals surface area contributed by atoms with E-state index in [0.29, 0.717) is 6.04 Å². The van der Waals surface area contributed by atoms with Crippen molar-refractivity contribution >= 4 is 31.1 Å². The van der Waals surface area contributed by atoms with E-state index in [0.717, 1.165) is 42.8 Å². The number of anilines is 1. The zero-order valence-electron chi connectivity index (χ0n) is 16.8. The summed E-state index contributed by atoms with van der Waals surface area (Å²) in [5, 5.41) is 7.53. The first kappa shape index (κ1) is 18.9. The van der Waals surface area contributed by atoms with Gasteiger partial charge in [0.05, 0.1) is 0 Å². The molecule has 2 aliphatic heterocycles. The molecule has 2 aromatic rings. The van der Waals surface area contributed by atoms with Gasteiger partial charge in [0.25, 0.3) is 0 Å². The summed E-state index contributed by atoms with van der Waals surface area (Å²) < 4.78 is 6.68. The van der Waals surface area contributed by atoms with E-state index >= 15 is 0 Å². The number of fused-ring (bicyclic) bond motifs is 1. The minimum atomic E-state index is -0.188. The molecule has 0 saturated carbocycles. The predicted octanol–water partition coefficient (Wildman–Crippen LogP) is 3.14. The number of benzene rings is 2. The van der Waals surface area contributed by atoms with Crippen molar-refractivity contribution in [2.45, 2.75) is 42.0 Å². The molecule has 1 spiro atoms. The maximum atomic E-state index is 13.0. The molecule has 4 nitrogen and oxygen atoms in total. The molecule has 3 atom stereocenters. The molecule has 5 heteroatoms. The van der Waals surface area contributed by atoms with E-state index in [1.54, 1.807) is 0 Å². The molecule has 1 saturated heterocycles. The van der Waals surface area contributed by atoms with Crippen LogP contribution in [0.2, 0.25) is 4.31 Å². The first-order valence-corrected chi connectivity index (χ1v) is 12.0. The van der Waals surface area contributed by atoms with E-state index in [4.69, 9.17) is 4.74 Å². The zero-order chi connectivity index (χ0) is 20.1. The molecule has 29 heavy (non-hydrogen) atoms. The van der Waals surface area contributed by atoms with Gasteiger partial charge < -0.3 is 0 Å². The van der Waals surface area contributed by atoms with Crippen LogP contribution in [0, 0.1) is 0 Å². The van der Waals surface area contributed by atoms with Crippen LogP contribution in [0.4, 0.5) is 5.69 Å². The second-order valence-electron chi connectivity index (χ2n) is 8.13. The Morgan fingerprint density at radius 3 is 2.69 bits per heavy atom. The number of para-hydroxylation sites is 1. The third-order valence-electron chi connectivity index (χ3n) is 6.87. The Bertz CT molecular complexity index is 989. The maximum absolute atomic E-state index is 13.0. The summed E-state index contributed by atoms with van der Waals surface area (Å²) in [6.07, 6.45) is 2.78. The summed E-state index contributed by atoms with van der Waals surface area (Å²) in [6, 6.07) is 19.6. The number of esters is 1. The van der Waals surface area contributed by atoms with Gasteiger partial charge in [0.2, 0.25) is 0 Å². The normalized spacial score (nSPS) is 29.7. The second-order valence-corrected chi connectivity index (χ2v) is 11.3. The molecule has 0 aromatic heterocycles. The molecule has 0 bridgehead atoms. The van der Waals surface area contributed by atoms with E-state index in [1.165, 1.54) is 17.1 Å². The molecule has 5 rings (SSSR count). The van der Waals surface area contributed by atoms with Crippen molar-refractivity contribution in [3.8, 4) is 0 Å². The Hall–Kier alpha value is -2.07. The molecule has 3 aliphatic rings. The fourth-order valence-corrected chi connectivity index (χ4v) is 8.84. The minimum absolute atomic E-state index is 0.0109. The van der Waals surface area contributed by atoms with Gasteiger partial charge >= 0.3 is 178 Å². The standard InChI is InChI=1S/C24H26N2O2Se/c1-3-23(29-16-9-5-4-6-10-16)15-17(21(27)28-2)20-24(13-14-25-22(23)24)18-11-7-8-12-19(18)26-20/h4-12,22,25-26H,3,13-15H2,1-2H3/t22-,23-,24-/m0/s1. The molecule has 1 fully saturated rings. The van der Waals surface area contributed by atoms with Crippen LogP contribution in [0.3, 0.4) is 0 Å². The van der Waals surface area contributed by atoms with Crippen molar-refractivity contribution in [1.29, 1.82) is 0 Å². The Balaban J connectivity index is 1.73. The first-order valence-electron chi connectivity index (χ1n) is 10.3. The van der Waals surface area contributed by atoms with Gasteiger partial charge in [-0.05, 0) is 0 Å². The quantitative estimate of drug-likeness (QED) is 0.552. The van der Waals surface area contributed by atoms with Crippen LogP contribution in [0.1, 0.15) is 31.7 Å². The van der Waals surface area contributed by atoms with E-state index in [2.05, 4.69) is 72.2 Å². The van der Waals surface area contributed by atoms with Crippen LogP contribution in [0.25, 0.3) is 0 Å². The van der Waals surface area contributed by atoms with Gasteiger partial charge in [-0.3, -0.25) is 0 Å². The van der Waals surface area contributed by atoms with Gasteiger partial charge in [-0.25, -0.2) is 0 Å². The fourth-order valence-electron chi connectivity index (χ4n) is 5.64. The average Bonchev–Trinajstić information content (AvgIpc) is 3.36. The topological polar surface area (TPSA) is 50.4 Å². The van der Waals surface area contributed by atoms with Gasteiger partial charge in [0.1, 0.15) is 0 Å². The number of hydrogen-bond donors (Lipinski definition) is 2. The molecule has 2 N–H and O–H groups in total. The summed E-state index contributed by atoms with van der Waals surface area (Å²) in [6.45, 7) is 3.25. The number of hydrogen-bond acceptors (Lipinski definition) is 4. The van der Waals surface area contributed by atoms with Gasteiger partial charge in [0.15, 0.2) is 0 Å². The number of carbonyl (C=O) groups is 1. The van der Waals surface area contributed by atoms with Crippen molar-refractivity contribution < 1.29 is 9.53 Å². The number of methoxy groups -OCH3 is 1. The van der Waals surface area contributed by atoms with Crippen LogP contribution in [0.15, 0.2) is 65.9 Å². The van der Waals surface area contributed by atoms with Crippen molar-refractivity contribution in [1.82, 2.24) is 5.32 Å². The van der Waals surface area contributed by atoms with Crippen molar-refractivity contribution in [3.63, 3.8) is 0 Å². The van der Waals surface area contributed by atoms with Crippen LogP contribution < -0.4 is 15.1 Å². The van der Waals surface area contributed by atoms with Gasteiger partial charge in [-0.15, -0.1) is 0 Å². The Labute approximate surface area is 178 Å². The molecule has 150 valence electrons. The van der Waals surface area contributed by atoms with Crippen molar-refractivity contribution in [3.05, 3.63) is 71.4 Å². The monoisotopic (exact) mass is 454 g/mol. The van der Waals surface area contributed by atoms with E-state index in [-0.39, 0.29) is 30.7 Å². The van der Waals surface area contributed by atoms with E-state index in [9.17, 15) is 4.79 Å². The molecule has 2 aromatic carbocycles. The predicted molar refractivity (Wildman–Crippen MR) is 117 cm³/mol. The number of carbonyl (C=O) groups excluding carboxylic acids is 1. The van der Waals surface area contributed by atoms with Gasteiger partial charge in [-0.1, -0.05) is 0 Å². The van der Waals surface area contributed by atoms with Gasteiger partial charge in [0, 0.05) is 0 Å². The average molecular weight is 453 g/mol. The third-order valence-corrected chi connectivity index (χ3v) is 10.2. The Morgan fingerprint density at radius 2 is 1.93 bits per heavy atom. The van der Waals surface area contributed by atoms with Crippen molar-refractivity contribution in [2.75, 3.05) is 19.0 Å². The summed E-state index contributed by atoms with van der Waals surface area (Å²) in [4.78, 5) is 13.0. The second kappa shape index (κ2) is 7.01. The summed E-state index contributed by atoms with van der Waals surface area (Å²) in [5.74, 6) is -0.188. The molecule has 2 heterocycles. The molecule has 1 aliphatic carbocycles. The number of ether oxygens (including phenoxy) is 1. The van der Waals surface area contributed by atoms with Crippen LogP contribution in [-0.4, -0.2) is 40.6 Å². The summed E-state index contributed by atoms with van der Waals surface area (Å²) in [7, 11) is 1.50. The fraction of sp³-hybridized carbons (Fsp3) is 0.375. The van der Waals surface area contributed by atoms with Gasteiger partial charge in [-0.2, -0.15) is 0 Å². The Morgan fingerprint density at radius 1 is 1.17 bits per heavy atom. The Kier molecular flexibility index (Phi) is 4.58. The number of nitrogens with one attached hydrogen (secondary N) is 2. The van der Waals surface area contributed by atoms with Crippen LogP contribution >= 0.6 is 0 Å². The molecule has 0 unspecified atom stereocenters. The molecule has 0 amide bonds. The SMILES string of the molecule is CC[C@]1([Se]c2ccccc2)CC(C(=O)OC)=C2Nc3ccccc3[C@@]23CCN[C@@H]13. The van der Waals surface area contributed by atoms with E-state index < -0.39 is 0 Å². The van der Waals surface area contributed by atoms with Crippen LogP contribution in [0.5, 0.6) is 0 Å². The molecular formula is C24H26N2O2Se. The molecule has 0 radical (unpaired) electrons. The summed E-state index contributed by atoms with van der Waals surface area (Å²) in [5.41, 5.74) is 4.20. The first-order chi connectivity index (χ1) is 14.1. The summed E-state index contributed by atoms with van der Waals surface area (Å²) >= 11 is 0.223. The third kappa shape index (κ3) is 2.64. The van der Waals surface area contributed by atoms with Crippen molar-refractivity contribution in [2.24, 2.45) is 0 Å².